The molecule has 0 amide bonds. The molecule has 0 spiro atoms. The fraction of sp³-hybridized carbons (Fsp3) is 0.385. The number of phenols is 1. The lowest BCUT2D eigenvalue weighted by atomic mass is 9.96. The van der Waals surface area contributed by atoms with Gasteiger partial charge in [-0.1, -0.05) is 13.0 Å². The van der Waals surface area contributed by atoms with Gasteiger partial charge in [-0.25, -0.2) is 0 Å². The van der Waals surface area contributed by atoms with E-state index in [0.29, 0.717) is 6.61 Å². The molecule has 0 aliphatic carbocycles. The zero-order valence-corrected chi connectivity index (χ0v) is 9.93. The highest BCUT2D eigenvalue weighted by Gasteiger charge is 2.13. The van der Waals surface area contributed by atoms with Crippen molar-refractivity contribution < 1.29 is 14.6 Å². The van der Waals surface area contributed by atoms with Crippen LogP contribution < -0.4 is 0 Å². The molecule has 17 heavy (non-hydrogen) atoms. The number of nitrogens with zero attached hydrogens (tertiary/aromatic N) is 1. The third-order valence-corrected chi connectivity index (χ3v) is 2.49. The van der Waals surface area contributed by atoms with E-state index < -0.39 is 0 Å². The lowest BCUT2D eigenvalue weighted by Crippen LogP contribution is -2.08. The number of esters is 1. The molecule has 0 aromatic heterocycles. The van der Waals surface area contributed by atoms with Crippen molar-refractivity contribution in [2.24, 2.45) is 0 Å². The first-order valence-corrected chi connectivity index (χ1v) is 5.47. The quantitative estimate of drug-likeness (QED) is 0.810. The van der Waals surface area contributed by atoms with Crippen LogP contribution in [0.15, 0.2) is 18.2 Å². The van der Waals surface area contributed by atoms with E-state index in [1.807, 2.05) is 13.0 Å². The average Bonchev–Trinajstić information content (AvgIpc) is 2.29. The Kier molecular flexibility index (Phi) is 4.53. The van der Waals surface area contributed by atoms with Crippen molar-refractivity contribution in [2.75, 3.05) is 6.61 Å². The Balaban J connectivity index is 2.79. The van der Waals surface area contributed by atoms with Gasteiger partial charge in [0.1, 0.15) is 11.8 Å². The molecule has 0 saturated heterocycles. The van der Waals surface area contributed by atoms with Gasteiger partial charge >= 0.3 is 5.97 Å². The van der Waals surface area contributed by atoms with Gasteiger partial charge in [-0.05, 0) is 30.5 Å². The third-order valence-electron chi connectivity index (χ3n) is 2.49. The molecule has 0 bridgehead atoms. The van der Waals surface area contributed by atoms with Crippen LogP contribution in [-0.4, -0.2) is 17.7 Å². The number of nitriles is 1. The van der Waals surface area contributed by atoms with Crippen molar-refractivity contribution >= 4 is 5.97 Å². The second-order valence-electron chi connectivity index (χ2n) is 3.80. The van der Waals surface area contributed by atoms with Crippen LogP contribution in [0.3, 0.4) is 0 Å². The number of benzene rings is 1. The van der Waals surface area contributed by atoms with Crippen molar-refractivity contribution in [3.8, 4) is 11.8 Å². The van der Waals surface area contributed by atoms with Gasteiger partial charge in [0.25, 0.3) is 0 Å². The van der Waals surface area contributed by atoms with E-state index >= 15 is 0 Å². The minimum absolute atomic E-state index is 0.0400. The molecule has 0 aliphatic rings. The van der Waals surface area contributed by atoms with Gasteiger partial charge in [-0.2, -0.15) is 5.26 Å². The monoisotopic (exact) mass is 233 g/mol. The molecular formula is C13H15NO3. The van der Waals surface area contributed by atoms with E-state index in [9.17, 15) is 9.90 Å². The van der Waals surface area contributed by atoms with Crippen molar-refractivity contribution in [1.82, 2.24) is 0 Å². The second kappa shape index (κ2) is 5.90. The summed E-state index contributed by atoms with van der Waals surface area (Å²) in [5, 5.41) is 18.2. The van der Waals surface area contributed by atoms with Crippen LogP contribution in [0.1, 0.15) is 37.3 Å². The van der Waals surface area contributed by atoms with Crippen LogP contribution in [0.2, 0.25) is 0 Å². The van der Waals surface area contributed by atoms with E-state index in [1.165, 1.54) is 6.07 Å². The summed E-state index contributed by atoms with van der Waals surface area (Å²) in [6, 6.07) is 6.68. The summed E-state index contributed by atoms with van der Waals surface area (Å²) < 4.78 is 4.86. The molecule has 1 aromatic carbocycles. The van der Waals surface area contributed by atoms with Gasteiger partial charge in [0.2, 0.25) is 0 Å². The summed E-state index contributed by atoms with van der Waals surface area (Å²) >= 11 is 0. The number of rotatable bonds is 4. The molecule has 90 valence electrons. The van der Waals surface area contributed by atoms with E-state index in [2.05, 4.69) is 0 Å². The third kappa shape index (κ3) is 3.49. The van der Waals surface area contributed by atoms with Gasteiger partial charge in [-0.3, -0.25) is 4.79 Å². The number of aromatic hydroxyl groups is 1. The van der Waals surface area contributed by atoms with E-state index in [4.69, 9.17) is 10.00 Å². The van der Waals surface area contributed by atoms with Crippen LogP contribution in [0.4, 0.5) is 0 Å². The van der Waals surface area contributed by atoms with Gasteiger partial charge < -0.3 is 9.84 Å². The summed E-state index contributed by atoms with van der Waals surface area (Å²) in [6.07, 6.45) is 0.267. The zero-order valence-electron chi connectivity index (χ0n) is 9.93. The zero-order chi connectivity index (χ0) is 12.8. The molecule has 4 nitrogen and oxygen atoms in total. The van der Waals surface area contributed by atoms with Crippen LogP contribution in [-0.2, 0) is 9.53 Å². The summed E-state index contributed by atoms with van der Waals surface area (Å²) in [7, 11) is 0. The molecule has 0 fully saturated rings. The van der Waals surface area contributed by atoms with Gasteiger partial charge in [0.05, 0.1) is 18.6 Å². The summed E-state index contributed by atoms with van der Waals surface area (Å²) in [5.41, 5.74) is 1.06. The molecule has 4 heteroatoms. The minimum Gasteiger partial charge on any atom is -0.507 e. The Morgan fingerprint density at radius 3 is 2.88 bits per heavy atom. The normalized spacial score (nSPS) is 11.6. The van der Waals surface area contributed by atoms with E-state index in [0.717, 1.165) is 5.56 Å². The molecule has 1 atom stereocenters. The average molecular weight is 233 g/mol. The maximum Gasteiger partial charge on any atom is 0.306 e. The number of hydrogen-bond donors (Lipinski definition) is 1. The van der Waals surface area contributed by atoms with Crippen LogP contribution in [0.5, 0.6) is 5.75 Å². The second-order valence-corrected chi connectivity index (χ2v) is 3.80. The minimum atomic E-state index is -0.258. The predicted molar refractivity (Wildman–Crippen MR) is 62.5 cm³/mol. The van der Waals surface area contributed by atoms with Crippen molar-refractivity contribution in [3.63, 3.8) is 0 Å². The van der Waals surface area contributed by atoms with Gasteiger partial charge in [-0.15, -0.1) is 0 Å². The largest absolute Gasteiger partial charge is 0.507 e. The predicted octanol–water partition coefficient (Wildman–Crippen LogP) is 2.32. The first-order valence-electron chi connectivity index (χ1n) is 5.47. The standard InChI is InChI=1S/C13H15NO3/c1-3-17-13(16)6-9(2)10-4-5-12(15)11(7-10)8-14/h4-5,7,9,15H,3,6H2,1-2H3. The molecule has 1 rings (SSSR count). The van der Waals surface area contributed by atoms with Crippen molar-refractivity contribution in [3.05, 3.63) is 29.3 Å². The highest BCUT2D eigenvalue weighted by atomic mass is 16.5. The van der Waals surface area contributed by atoms with Crippen LogP contribution in [0.25, 0.3) is 0 Å². The highest BCUT2D eigenvalue weighted by Crippen LogP contribution is 2.25. The van der Waals surface area contributed by atoms with Crippen LogP contribution in [0, 0.1) is 11.3 Å². The molecule has 1 N–H and O–H groups in total. The smallest absolute Gasteiger partial charge is 0.306 e. The number of carbonyl (C=O) groups excluding carboxylic acids is 1. The Morgan fingerprint density at radius 1 is 1.59 bits per heavy atom. The molecular weight excluding hydrogens is 218 g/mol. The number of phenolic OH excluding ortho intramolecular Hbond substituents is 1. The Hall–Kier alpha value is -2.02. The van der Waals surface area contributed by atoms with Crippen molar-refractivity contribution in [2.45, 2.75) is 26.2 Å². The number of ether oxygens (including phenoxy) is 1. The van der Waals surface area contributed by atoms with Gasteiger partial charge in [0.15, 0.2) is 0 Å². The van der Waals surface area contributed by atoms with Crippen molar-refractivity contribution in [1.29, 1.82) is 5.26 Å². The first-order chi connectivity index (χ1) is 8.08. The Labute approximate surface area is 100 Å². The fourth-order valence-electron chi connectivity index (χ4n) is 1.54. The number of carbonyl (C=O) groups is 1. The molecule has 0 heterocycles. The Bertz CT molecular complexity index is 448. The van der Waals surface area contributed by atoms with Gasteiger partial charge in [0, 0.05) is 0 Å². The first kappa shape index (κ1) is 13.0. The lowest BCUT2D eigenvalue weighted by molar-refractivity contribution is -0.143. The molecule has 1 unspecified atom stereocenters. The summed E-state index contributed by atoms with van der Waals surface area (Å²) in [6.45, 7) is 4.01. The fourth-order valence-corrected chi connectivity index (χ4v) is 1.54. The van der Waals surface area contributed by atoms with E-state index in [1.54, 1.807) is 19.1 Å². The maximum atomic E-state index is 11.3. The molecule has 1 aromatic rings. The summed E-state index contributed by atoms with van der Waals surface area (Å²) in [4.78, 5) is 11.3. The van der Waals surface area contributed by atoms with E-state index in [-0.39, 0.29) is 29.6 Å². The lowest BCUT2D eigenvalue weighted by Gasteiger charge is -2.11. The maximum absolute atomic E-state index is 11.3. The topological polar surface area (TPSA) is 70.3 Å². The van der Waals surface area contributed by atoms with Crippen LogP contribution >= 0.6 is 0 Å². The summed E-state index contributed by atoms with van der Waals surface area (Å²) in [5.74, 6) is -0.340. The molecule has 0 aliphatic heterocycles. The Morgan fingerprint density at radius 2 is 2.29 bits per heavy atom. The highest BCUT2D eigenvalue weighted by molar-refractivity contribution is 5.70. The molecule has 0 radical (unpaired) electrons. The SMILES string of the molecule is CCOC(=O)CC(C)c1ccc(O)c(C#N)c1. The number of hydrogen-bond acceptors (Lipinski definition) is 4. The molecule has 0 saturated carbocycles.